The van der Waals surface area contributed by atoms with Crippen LogP contribution in [0, 0.1) is 13.8 Å². The predicted octanol–water partition coefficient (Wildman–Crippen LogP) is 7.34. The summed E-state index contributed by atoms with van der Waals surface area (Å²) in [6.45, 7) is 12.9. The molecule has 5 nitrogen and oxygen atoms in total. The van der Waals surface area contributed by atoms with Crippen molar-refractivity contribution in [2.24, 2.45) is 0 Å². The third-order valence-corrected chi connectivity index (χ3v) is 10.2. The minimum Gasteiger partial charge on any atom is -0.337 e. The van der Waals surface area contributed by atoms with Crippen LogP contribution in [0.15, 0.2) is 51.9 Å². The molecule has 0 aliphatic heterocycles. The van der Waals surface area contributed by atoms with E-state index >= 15 is 0 Å². The summed E-state index contributed by atoms with van der Waals surface area (Å²) in [7, 11) is -5.42. The monoisotopic (exact) mass is 562 g/mol. The number of alkyl halides is 1. The largest absolute Gasteiger partial charge is 0.337 e. The van der Waals surface area contributed by atoms with Gasteiger partial charge in [-0.3, -0.25) is 0 Å². The summed E-state index contributed by atoms with van der Waals surface area (Å²) in [5.41, 5.74) is 5.47. The zero-order chi connectivity index (χ0) is 25.1. The number of rotatable bonds is 10. The van der Waals surface area contributed by atoms with Crippen molar-refractivity contribution in [1.82, 2.24) is 5.16 Å². The molecule has 1 heterocycles. The van der Waals surface area contributed by atoms with Crippen LogP contribution in [-0.2, 0) is 21.8 Å². The van der Waals surface area contributed by atoms with Crippen molar-refractivity contribution in [3.05, 3.63) is 64.8 Å². The minimum atomic E-state index is -3.90. The molecule has 0 bridgehead atoms. The maximum atomic E-state index is 14.2. The molecular weight excluding hydrogens is 528 g/mol. The van der Waals surface area contributed by atoms with E-state index in [1.54, 1.807) is 12.1 Å². The molecule has 0 saturated carbocycles. The predicted molar refractivity (Wildman–Crippen MR) is 147 cm³/mol. The average molecular weight is 564 g/mol. The number of sulfonamides is 1. The Hall–Kier alpha value is -1.90. The van der Waals surface area contributed by atoms with Crippen LogP contribution in [0.1, 0.15) is 35.7 Å². The first-order chi connectivity index (χ1) is 16.0. The number of hydrogen-bond donors (Lipinski definition) is 0. The molecule has 3 aromatic rings. The highest BCUT2D eigenvalue weighted by Gasteiger charge is 2.33. The van der Waals surface area contributed by atoms with E-state index in [2.05, 4.69) is 59.8 Å². The fourth-order valence-electron chi connectivity index (χ4n) is 3.91. The van der Waals surface area contributed by atoms with E-state index in [4.69, 9.17) is 4.52 Å². The number of nitrogens with zero attached hydrogens (tertiary/aromatic N) is 2. The lowest BCUT2D eigenvalue weighted by Gasteiger charge is -2.26. The second kappa shape index (κ2) is 10.8. The van der Waals surface area contributed by atoms with Gasteiger partial charge in [0.2, 0.25) is 5.88 Å². The maximum Gasteiger partial charge on any atom is 0.267 e. The Kier molecular flexibility index (Phi) is 8.47. The Morgan fingerprint density at radius 3 is 2.35 bits per heavy atom. The van der Waals surface area contributed by atoms with Gasteiger partial charge in [-0.15, -0.1) is 0 Å². The second-order valence-electron chi connectivity index (χ2n) is 9.96. The molecule has 1 aromatic heterocycles. The van der Waals surface area contributed by atoms with Crippen LogP contribution in [0.4, 0.5) is 5.88 Å². The zero-order valence-corrected chi connectivity index (χ0v) is 24.4. The molecule has 8 heteroatoms. The smallest absolute Gasteiger partial charge is 0.267 e. The Balaban J connectivity index is 2.19. The molecule has 0 atom stereocenters. The molecule has 0 aliphatic rings. The summed E-state index contributed by atoms with van der Waals surface area (Å²) in [6.07, 6.45) is 1.86. The van der Waals surface area contributed by atoms with Crippen molar-refractivity contribution in [2.45, 2.75) is 69.5 Å². The zero-order valence-electron chi connectivity index (χ0n) is 21.0. The summed E-state index contributed by atoms with van der Waals surface area (Å²) in [5.74, 6) is 0.314. The number of halogens is 1. The number of aryl methyl sites for hydroxylation is 2. The molecule has 34 heavy (non-hydrogen) atoms. The van der Waals surface area contributed by atoms with Crippen molar-refractivity contribution in [3.8, 4) is 11.1 Å². The molecule has 184 valence electrons. The fourth-order valence-corrected chi connectivity index (χ4v) is 6.98. The quantitative estimate of drug-likeness (QED) is 0.191. The number of benzene rings is 2. The van der Waals surface area contributed by atoms with Crippen LogP contribution in [0.5, 0.6) is 0 Å². The highest BCUT2D eigenvalue weighted by Crippen LogP contribution is 2.36. The van der Waals surface area contributed by atoms with E-state index < -0.39 is 18.1 Å². The van der Waals surface area contributed by atoms with E-state index in [9.17, 15) is 8.42 Å². The molecule has 0 aliphatic carbocycles. The lowest BCUT2D eigenvalue weighted by atomic mass is 9.95. The fraction of sp³-hybridized carbons (Fsp3) is 0.423. The molecule has 0 spiro atoms. The lowest BCUT2D eigenvalue weighted by Crippen LogP contribution is -2.36. The topological polar surface area (TPSA) is 63.4 Å². The first kappa shape index (κ1) is 26.7. The van der Waals surface area contributed by atoms with Gasteiger partial charge < -0.3 is 4.52 Å². The summed E-state index contributed by atoms with van der Waals surface area (Å²) in [6, 6.07) is 14.4. The van der Waals surface area contributed by atoms with Crippen molar-refractivity contribution < 1.29 is 12.9 Å². The molecular formula is C26H35BrN2O3SSi. The van der Waals surface area contributed by atoms with Gasteiger partial charge in [0.05, 0.1) is 10.6 Å². The molecule has 2 aromatic carbocycles. The molecule has 3 rings (SSSR count). The Morgan fingerprint density at radius 1 is 1.06 bits per heavy atom. The van der Waals surface area contributed by atoms with Crippen LogP contribution < -0.4 is 4.31 Å². The van der Waals surface area contributed by atoms with E-state index in [1.807, 2.05) is 32.0 Å². The van der Waals surface area contributed by atoms with Crippen molar-refractivity contribution in [3.63, 3.8) is 0 Å². The maximum absolute atomic E-state index is 14.2. The normalized spacial score (nSPS) is 12.2. The van der Waals surface area contributed by atoms with Crippen molar-refractivity contribution in [2.75, 3.05) is 10.8 Å². The number of hydrogen-bond acceptors (Lipinski definition) is 4. The number of anilines is 1. The average Bonchev–Trinajstić information content (AvgIpc) is 3.11. The van der Waals surface area contributed by atoms with Gasteiger partial charge in [-0.1, -0.05) is 90.5 Å². The van der Waals surface area contributed by atoms with Gasteiger partial charge >= 0.3 is 0 Å². The molecule has 0 saturated heterocycles. The minimum absolute atomic E-state index is 0.294. The van der Waals surface area contributed by atoms with Crippen LogP contribution in [0.2, 0.25) is 25.7 Å². The highest BCUT2D eigenvalue weighted by atomic mass is 79.9. The lowest BCUT2D eigenvalue weighted by molar-refractivity contribution is 0.419. The molecule has 0 fully saturated rings. The van der Waals surface area contributed by atoms with Crippen LogP contribution in [0.25, 0.3) is 11.1 Å². The molecule has 0 radical (unpaired) electrons. The summed E-state index contributed by atoms with van der Waals surface area (Å²) >= 11 is 3.54. The van der Waals surface area contributed by atoms with Crippen molar-refractivity contribution >= 4 is 39.9 Å². The van der Waals surface area contributed by atoms with E-state index in [0.29, 0.717) is 23.0 Å². The van der Waals surface area contributed by atoms with Crippen LogP contribution >= 0.6 is 15.9 Å². The van der Waals surface area contributed by atoms with Gasteiger partial charge in [-0.05, 0) is 49.1 Å². The van der Waals surface area contributed by atoms with Crippen LogP contribution in [0.3, 0.4) is 0 Å². The Bertz CT molecular complexity index is 1250. The van der Waals surface area contributed by atoms with Crippen molar-refractivity contribution in [1.29, 1.82) is 0 Å². The third kappa shape index (κ3) is 5.83. The third-order valence-electron chi connectivity index (χ3n) is 6.01. The van der Waals surface area contributed by atoms with Crippen LogP contribution in [-0.4, -0.2) is 28.2 Å². The summed E-state index contributed by atoms with van der Waals surface area (Å²) in [5, 5.41) is 4.82. The van der Waals surface area contributed by atoms with E-state index in [0.717, 1.165) is 46.5 Å². The van der Waals surface area contributed by atoms with Gasteiger partial charge in [0.1, 0.15) is 0 Å². The Labute approximate surface area is 213 Å². The molecule has 0 amide bonds. The molecule has 0 unspecified atom stereocenters. The van der Waals surface area contributed by atoms with E-state index in [1.165, 1.54) is 9.87 Å². The first-order valence-electron chi connectivity index (χ1n) is 11.7. The van der Waals surface area contributed by atoms with Gasteiger partial charge in [0.25, 0.3) is 10.0 Å². The van der Waals surface area contributed by atoms with Gasteiger partial charge in [-0.2, -0.15) is 0 Å². The number of aromatic nitrogens is 1. The standard InChI is InChI=1S/C26H35BrN2O3SSi/c1-7-10-22-17-21(18-27)13-14-23(22)24-11-8-9-12-25(24)33(30,31)29(15-16-34(4,5)6)26-19(2)20(3)28-32-26/h8-9,11-14,17H,7,10,15-16,18H2,1-6H3. The second-order valence-corrected chi connectivity index (χ2v) is 18.0. The van der Waals surface area contributed by atoms with Gasteiger partial charge in [0, 0.05) is 31.1 Å². The Morgan fingerprint density at radius 2 is 1.76 bits per heavy atom. The van der Waals surface area contributed by atoms with E-state index in [-0.39, 0.29) is 0 Å². The van der Waals surface area contributed by atoms with Gasteiger partial charge in [0.15, 0.2) is 0 Å². The van der Waals surface area contributed by atoms with Gasteiger partial charge in [-0.25, -0.2) is 12.7 Å². The SMILES string of the molecule is CCCc1cc(CBr)ccc1-c1ccccc1S(=O)(=O)N(CC[Si](C)(C)C)c1onc(C)c1C. The molecule has 0 N–H and O–H groups in total. The highest BCUT2D eigenvalue weighted by molar-refractivity contribution is 9.08. The summed E-state index contributed by atoms with van der Waals surface area (Å²) in [4.78, 5) is 0.294. The summed E-state index contributed by atoms with van der Waals surface area (Å²) < 4.78 is 35.5. The first-order valence-corrected chi connectivity index (χ1v) is 18.0.